The molecule has 0 saturated heterocycles. The molecule has 1 aliphatic rings. The van der Waals surface area contributed by atoms with Crippen molar-refractivity contribution in [2.75, 3.05) is 18.5 Å². The molecule has 0 amide bonds. The minimum Gasteiger partial charge on any atom is -0.396 e. The Morgan fingerprint density at radius 1 is 1.32 bits per heavy atom. The van der Waals surface area contributed by atoms with Gasteiger partial charge in [0.25, 0.3) is 0 Å². The number of hydrogen-bond acceptors (Lipinski definition) is 5. The fourth-order valence-electron chi connectivity index (χ4n) is 3.69. The van der Waals surface area contributed by atoms with E-state index in [1.807, 2.05) is 53.8 Å². The van der Waals surface area contributed by atoms with Gasteiger partial charge in [0, 0.05) is 42.2 Å². The molecule has 0 fully saturated rings. The SMILES string of the molecule is Cc1cc(Cl)ccc1[C@H]1S[C@@H](CCO)CNc2c1c(-c1ccccn1)nn2C. The Morgan fingerprint density at radius 3 is 2.89 bits per heavy atom. The molecule has 0 aliphatic carbocycles. The van der Waals surface area contributed by atoms with E-state index >= 15 is 0 Å². The number of thioether (sulfide) groups is 1. The molecule has 0 spiro atoms. The van der Waals surface area contributed by atoms with Gasteiger partial charge in [-0.05, 0) is 48.7 Å². The predicted octanol–water partition coefficient (Wildman–Crippen LogP) is 4.44. The van der Waals surface area contributed by atoms with Crippen LogP contribution in [0.3, 0.4) is 0 Å². The third kappa shape index (κ3) is 3.64. The Morgan fingerprint density at radius 2 is 2.18 bits per heavy atom. The van der Waals surface area contributed by atoms with E-state index in [-0.39, 0.29) is 17.1 Å². The summed E-state index contributed by atoms with van der Waals surface area (Å²) in [6.07, 6.45) is 2.53. The summed E-state index contributed by atoms with van der Waals surface area (Å²) in [5.74, 6) is 1.01. The maximum Gasteiger partial charge on any atom is 0.129 e. The van der Waals surface area contributed by atoms with Crippen LogP contribution < -0.4 is 5.32 Å². The first-order valence-electron chi connectivity index (χ1n) is 9.33. The number of halogens is 1. The van der Waals surface area contributed by atoms with Gasteiger partial charge >= 0.3 is 0 Å². The van der Waals surface area contributed by atoms with Crippen molar-refractivity contribution in [1.82, 2.24) is 14.8 Å². The Kier molecular flexibility index (Phi) is 5.62. The zero-order chi connectivity index (χ0) is 19.7. The Hall–Kier alpha value is -2.02. The fraction of sp³-hybridized carbons (Fsp3) is 0.333. The van der Waals surface area contributed by atoms with Crippen LogP contribution in [0.2, 0.25) is 5.02 Å². The highest BCUT2D eigenvalue weighted by Gasteiger charge is 2.33. The van der Waals surface area contributed by atoms with Crippen molar-refractivity contribution in [3.05, 3.63) is 64.3 Å². The largest absolute Gasteiger partial charge is 0.396 e. The van der Waals surface area contributed by atoms with E-state index in [9.17, 15) is 5.11 Å². The lowest BCUT2D eigenvalue weighted by Crippen LogP contribution is -2.18. The van der Waals surface area contributed by atoms with E-state index < -0.39 is 0 Å². The number of nitrogens with one attached hydrogen (secondary N) is 1. The van der Waals surface area contributed by atoms with E-state index in [1.165, 1.54) is 5.56 Å². The van der Waals surface area contributed by atoms with Gasteiger partial charge in [-0.1, -0.05) is 23.7 Å². The van der Waals surface area contributed by atoms with Gasteiger partial charge in [0.2, 0.25) is 0 Å². The molecule has 0 saturated carbocycles. The lowest BCUT2D eigenvalue weighted by molar-refractivity contribution is 0.288. The summed E-state index contributed by atoms with van der Waals surface area (Å²) in [6, 6.07) is 12.0. The molecule has 2 N–H and O–H groups in total. The summed E-state index contributed by atoms with van der Waals surface area (Å²) < 4.78 is 1.90. The molecule has 7 heteroatoms. The van der Waals surface area contributed by atoms with Crippen molar-refractivity contribution in [2.45, 2.75) is 23.8 Å². The molecule has 0 bridgehead atoms. The summed E-state index contributed by atoms with van der Waals surface area (Å²) in [6.45, 7) is 3.05. The van der Waals surface area contributed by atoms with Crippen molar-refractivity contribution >= 4 is 29.2 Å². The van der Waals surface area contributed by atoms with Gasteiger partial charge in [-0.25, -0.2) is 0 Å². The number of aromatic nitrogens is 3. The predicted molar refractivity (Wildman–Crippen MR) is 116 cm³/mol. The van der Waals surface area contributed by atoms with Gasteiger partial charge in [-0.3, -0.25) is 9.67 Å². The third-order valence-electron chi connectivity index (χ3n) is 5.04. The number of nitrogens with zero attached hydrogens (tertiary/aromatic N) is 3. The van der Waals surface area contributed by atoms with Crippen molar-refractivity contribution in [2.24, 2.45) is 7.05 Å². The molecular weight excluding hydrogens is 392 g/mol. The Balaban J connectivity index is 1.90. The van der Waals surface area contributed by atoms with E-state index in [0.717, 1.165) is 46.3 Å². The van der Waals surface area contributed by atoms with Crippen LogP contribution in [-0.4, -0.2) is 38.3 Å². The van der Waals surface area contributed by atoms with Crippen LogP contribution >= 0.6 is 23.4 Å². The number of aryl methyl sites for hydroxylation is 2. The number of benzene rings is 1. The first kappa shape index (κ1) is 19.3. The van der Waals surface area contributed by atoms with Crippen LogP contribution in [0.15, 0.2) is 42.6 Å². The number of hydrogen-bond donors (Lipinski definition) is 2. The maximum absolute atomic E-state index is 9.53. The van der Waals surface area contributed by atoms with Gasteiger partial charge in [-0.2, -0.15) is 5.10 Å². The standard InChI is InChI=1S/C21H23ClN4OS/c1-13-11-14(22)6-7-16(13)20-18-19(17-5-3-4-9-23-17)25-26(2)21(18)24-12-15(28-20)8-10-27/h3-7,9,11,15,20,24,27H,8,10,12H2,1-2H3/t15-,20+/m0/s1. The van der Waals surface area contributed by atoms with Gasteiger partial charge in [-0.15, -0.1) is 11.8 Å². The molecule has 0 radical (unpaired) electrons. The molecule has 1 aliphatic heterocycles. The lowest BCUT2D eigenvalue weighted by atomic mass is 9.98. The van der Waals surface area contributed by atoms with Gasteiger partial charge in [0.15, 0.2) is 0 Å². The first-order chi connectivity index (χ1) is 13.6. The second-order valence-corrected chi connectivity index (χ2v) is 8.83. The second kappa shape index (κ2) is 8.15. The minimum absolute atomic E-state index is 0.0736. The van der Waals surface area contributed by atoms with Crippen molar-refractivity contribution in [3.8, 4) is 11.4 Å². The van der Waals surface area contributed by atoms with Crippen LogP contribution in [0.4, 0.5) is 5.82 Å². The van der Waals surface area contributed by atoms with Crippen LogP contribution in [0.5, 0.6) is 0 Å². The van der Waals surface area contributed by atoms with Gasteiger partial charge < -0.3 is 10.4 Å². The number of rotatable bonds is 4. The molecule has 3 aromatic rings. The second-order valence-electron chi connectivity index (χ2n) is 6.98. The molecule has 2 atom stereocenters. The summed E-state index contributed by atoms with van der Waals surface area (Å²) in [7, 11) is 1.96. The smallest absolute Gasteiger partial charge is 0.129 e. The van der Waals surface area contributed by atoms with Crippen molar-refractivity contribution in [1.29, 1.82) is 0 Å². The van der Waals surface area contributed by atoms with E-state index in [0.29, 0.717) is 0 Å². The van der Waals surface area contributed by atoms with Crippen LogP contribution in [0, 0.1) is 6.92 Å². The summed E-state index contributed by atoms with van der Waals surface area (Å²) >= 11 is 8.09. The summed E-state index contributed by atoms with van der Waals surface area (Å²) in [5, 5.41) is 19.0. The molecular formula is C21H23ClN4OS. The lowest BCUT2D eigenvalue weighted by Gasteiger charge is -2.22. The van der Waals surface area contributed by atoms with Crippen LogP contribution in [0.25, 0.3) is 11.4 Å². The Labute approximate surface area is 174 Å². The van der Waals surface area contributed by atoms with Gasteiger partial charge in [0.1, 0.15) is 11.5 Å². The Bertz CT molecular complexity index is 976. The molecule has 28 heavy (non-hydrogen) atoms. The first-order valence-corrected chi connectivity index (χ1v) is 10.6. The average Bonchev–Trinajstić information content (AvgIpc) is 2.89. The molecule has 2 aromatic heterocycles. The summed E-state index contributed by atoms with van der Waals surface area (Å²) in [5.41, 5.74) is 5.25. The number of pyridine rings is 1. The highest BCUT2D eigenvalue weighted by molar-refractivity contribution is 8.00. The van der Waals surface area contributed by atoms with Crippen molar-refractivity contribution in [3.63, 3.8) is 0 Å². The molecule has 146 valence electrons. The normalized spacial score (nSPS) is 19.0. The van der Waals surface area contributed by atoms with Crippen LogP contribution in [-0.2, 0) is 7.05 Å². The molecule has 4 rings (SSSR count). The van der Waals surface area contributed by atoms with Crippen LogP contribution in [0.1, 0.15) is 28.4 Å². The zero-order valence-corrected chi connectivity index (χ0v) is 17.5. The van der Waals surface area contributed by atoms with E-state index in [1.54, 1.807) is 6.20 Å². The molecule has 1 aromatic carbocycles. The molecule has 0 unspecified atom stereocenters. The van der Waals surface area contributed by atoms with Gasteiger partial charge in [0.05, 0.1) is 10.9 Å². The number of anilines is 1. The maximum atomic E-state index is 9.53. The highest BCUT2D eigenvalue weighted by atomic mass is 35.5. The molecule has 3 heterocycles. The number of fused-ring (bicyclic) bond motifs is 1. The summed E-state index contributed by atoms with van der Waals surface area (Å²) in [4.78, 5) is 4.55. The molecule has 5 nitrogen and oxygen atoms in total. The number of aliphatic hydroxyl groups is 1. The monoisotopic (exact) mass is 414 g/mol. The quantitative estimate of drug-likeness (QED) is 0.660. The van der Waals surface area contributed by atoms with Crippen molar-refractivity contribution < 1.29 is 5.11 Å². The highest BCUT2D eigenvalue weighted by Crippen LogP contribution is 2.48. The number of aliphatic hydroxyl groups excluding tert-OH is 1. The third-order valence-corrected chi connectivity index (χ3v) is 6.83. The zero-order valence-electron chi connectivity index (χ0n) is 15.9. The van der Waals surface area contributed by atoms with E-state index in [4.69, 9.17) is 16.7 Å². The minimum atomic E-state index is 0.0736. The van der Waals surface area contributed by atoms with E-state index in [2.05, 4.69) is 23.3 Å². The fourth-order valence-corrected chi connectivity index (χ4v) is 5.49. The topological polar surface area (TPSA) is 63.0 Å². The average molecular weight is 415 g/mol.